The van der Waals surface area contributed by atoms with Crippen LogP contribution in [0.25, 0.3) is 0 Å². The summed E-state index contributed by atoms with van der Waals surface area (Å²) >= 11 is 0. The maximum atomic E-state index is 12.2. The van der Waals surface area contributed by atoms with Crippen molar-refractivity contribution < 1.29 is 4.79 Å². The zero-order valence-corrected chi connectivity index (χ0v) is 11.4. The number of anilines is 1. The average molecular weight is 262 g/mol. The summed E-state index contributed by atoms with van der Waals surface area (Å²) in [6.07, 6.45) is 1.02. The number of carbonyl (C=O) groups excluding carboxylic acids is 1. The van der Waals surface area contributed by atoms with E-state index >= 15 is 0 Å². The van der Waals surface area contributed by atoms with Crippen molar-refractivity contribution in [2.75, 3.05) is 38.5 Å². The summed E-state index contributed by atoms with van der Waals surface area (Å²) in [5.74, 6) is 0. The average Bonchev–Trinajstić information content (AvgIpc) is 2.64. The first-order chi connectivity index (χ1) is 9.19. The van der Waals surface area contributed by atoms with Crippen LogP contribution in [0.3, 0.4) is 0 Å². The van der Waals surface area contributed by atoms with Crippen molar-refractivity contribution in [2.24, 2.45) is 5.73 Å². The molecule has 2 rings (SSSR count). The summed E-state index contributed by atoms with van der Waals surface area (Å²) < 4.78 is 0. The molecule has 1 aromatic rings. The van der Waals surface area contributed by atoms with Crippen LogP contribution in [0.5, 0.6) is 0 Å². The Labute approximate surface area is 114 Å². The topological polar surface area (TPSA) is 61.6 Å². The number of carbonyl (C=O) groups is 1. The zero-order chi connectivity index (χ0) is 13.7. The lowest BCUT2D eigenvalue weighted by atomic mass is 10.2. The van der Waals surface area contributed by atoms with Crippen molar-refractivity contribution >= 4 is 11.7 Å². The second-order valence-electron chi connectivity index (χ2n) is 4.98. The molecular formula is C14H22N4O. The van der Waals surface area contributed by atoms with Gasteiger partial charge in [0, 0.05) is 31.9 Å². The lowest BCUT2D eigenvalue weighted by Gasteiger charge is -2.21. The highest BCUT2D eigenvalue weighted by atomic mass is 16.2. The predicted molar refractivity (Wildman–Crippen MR) is 77.0 cm³/mol. The van der Waals surface area contributed by atoms with Crippen LogP contribution in [0.4, 0.5) is 10.5 Å². The van der Waals surface area contributed by atoms with E-state index in [0.717, 1.165) is 43.9 Å². The molecule has 0 radical (unpaired) electrons. The normalized spacial score (nSPS) is 17.1. The van der Waals surface area contributed by atoms with Gasteiger partial charge in [-0.15, -0.1) is 0 Å². The zero-order valence-electron chi connectivity index (χ0n) is 11.4. The van der Waals surface area contributed by atoms with Gasteiger partial charge in [0.1, 0.15) is 0 Å². The SMILES string of the molecule is CN1CCCN(C(=O)Nc2cccc(CN)c2)CC1. The van der Waals surface area contributed by atoms with Gasteiger partial charge < -0.3 is 20.9 Å². The van der Waals surface area contributed by atoms with E-state index in [1.165, 1.54) is 0 Å². The van der Waals surface area contributed by atoms with Crippen LogP contribution >= 0.6 is 0 Å². The maximum Gasteiger partial charge on any atom is 0.321 e. The van der Waals surface area contributed by atoms with Gasteiger partial charge in [0.15, 0.2) is 0 Å². The Morgan fingerprint density at radius 3 is 2.95 bits per heavy atom. The number of hydrogen-bond donors (Lipinski definition) is 2. The fourth-order valence-electron chi connectivity index (χ4n) is 2.23. The fraction of sp³-hybridized carbons (Fsp3) is 0.500. The number of hydrogen-bond acceptors (Lipinski definition) is 3. The lowest BCUT2D eigenvalue weighted by Crippen LogP contribution is -2.37. The molecule has 1 aliphatic heterocycles. The van der Waals surface area contributed by atoms with E-state index in [4.69, 9.17) is 5.73 Å². The van der Waals surface area contributed by atoms with E-state index in [9.17, 15) is 4.79 Å². The van der Waals surface area contributed by atoms with Crippen molar-refractivity contribution in [1.29, 1.82) is 0 Å². The highest BCUT2D eigenvalue weighted by molar-refractivity contribution is 5.89. The van der Waals surface area contributed by atoms with Crippen LogP contribution in [-0.4, -0.2) is 49.1 Å². The fourth-order valence-corrected chi connectivity index (χ4v) is 2.23. The first-order valence-corrected chi connectivity index (χ1v) is 6.72. The Hall–Kier alpha value is -1.59. The summed E-state index contributed by atoms with van der Waals surface area (Å²) in [4.78, 5) is 16.3. The molecule has 0 aliphatic carbocycles. The largest absolute Gasteiger partial charge is 0.326 e. The molecule has 1 fully saturated rings. The van der Waals surface area contributed by atoms with Gasteiger partial charge >= 0.3 is 6.03 Å². The van der Waals surface area contributed by atoms with Crippen LogP contribution in [0.15, 0.2) is 24.3 Å². The molecule has 5 nitrogen and oxygen atoms in total. The van der Waals surface area contributed by atoms with Crippen LogP contribution < -0.4 is 11.1 Å². The van der Waals surface area contributed by atoms with Crippen LogP contribution in [-0.2, 0) is 6.54 Å². The molecule has 0 atom stereocenters. The number of nitrogens with two attached hydrogens (primary N) is 1. The number of urea groups is 1. The monoisotopic (exact) mass is 262 g/mol. The smallest absolute Gasteiger partial charge is 0.321 e. The van der Waals surface area contributed by atoms with E-state index in [1.807, 2.05) is 29.2 Å². The summed E-state index contributed by atoms with van der Waals surface area (Å²) in [7, 11) is 2.09. The summed E-state index contributed by atoms with van der Waals surface area (Å²) in [5, 5.41) is 2.94. The molecule has 0 bridgehead atoms. The Morgan fingerprint density at radius 2 is 2.16 bits per heavy atom. The van der Waals surface area contributed by atoms with Gasteiger partial charge in [-0.05, 0) is 37.7 Å². The van der Waals surface area contributed by atoms with Crippen LogP contribution in [0.1, 0.15) is 12.0 Å². The summed E-state index contributed by atoms with van der Waals surface area (Å²) in [6, 6.07) is 7.65. The quantitative estimate of drug-likeness (QED) is 0.845. The van der Waals surface area contributed by atoms with Crippen molar-refractivity contribution in [3.63, 3.8) is 0 Å². The minimum absolute atomic E-state index is 0.0236. The van der Waals surface area contributed by atoms with Crippen LogP contribution in [0.2, 0.25) is 0 Å². The number of nitrogens with one attached hydrogen (secondary N) is 1. The number of amides is 2. The molecule has 3 N–H and O–H groups in total. The molecule has 1 heterocycles. The summed E-state index contributed by atoms with van der Waals surface area (Å²) in [5.41, 5.74) is 7.43. The molecule has 19 heavy (non-hydrogen) atoms. The molecule has 5 heteroatoms. The van der Waals surface area contributed by atoms with Crippen molar-refractivity contribution in [2.45, 2.75) is 13.0 Å². The molecule has 0 saturated carbocycles. The molecule has 0 aromatic heterocycles. The molecule has 1 aromatic carbocycles. The first kappa shape index (κ1) is 13.8. The van der Waals surface area contributed by atoms with Gasteiger partial charge in [-0.3, -0.25) is 0 Å². The Balaban J connectivity index is 1.96. The summed E-state index contributed by atoms with van der Waals surface area (Å²) in [6.45, 7) is 4.05. The number of benzene rings is 1. The van der Waals surface area contributed by atoms with Gasteiger partial charge in [0.2, 0.25) is 0 Å². The molecule has 0 spiro atoms. The van der Waals surface area contributed by atoms with Gasteiger partial charge in [0.25, 0.3) is 0 Å². The minimum atomic E-state index is -0.0236. The number of nitrogens with zero attached hydrogens (tertiary/aromatic N) is 2. The maximum absolute atomic E-state index is 12.2. The van der Waals surface area contributed by atoms with E-state index < -0.39 is 0 Å². The molecule has 104 valence electrons. The predicted octanol–water partition coefficient (Wildman–Crippen LogP) is 1.31. The standard InChI is InChI=1S/C14H22N4O/c1-17-6-3-7-18(9-8-17)14(19)16-13-5-2-4-12(10-13)11-15/h2,4-5,10H,3,6-9,11,15H2,1H3,(H,16,19). The third-order valence-corrected chi connectivity index (χ3v) is 3.42. The third-order valence-electron chi connectivity index (χ3n) is 3.42. The molecule has 0 unspecified atom stereocenters. The van der Waals surface area contributed by atoms with E-state index in [2.05, 4.69) is 17.3 Å². The second-order valence-corrected chi connectivity index (χ2v) is 4.98. The number of likely N-dealkylation sites (N-methyl/N-ethyl adjacent to an activating group) is 1. The Bertz CT molecular complexity index is 435. The van der Waals surface area contributed by atoms with Crippen LogP contribution in [0, 0.1) is 0 Å². The molecule has 1 saturated heterocycles. The lowest BCUT2D eigenvalue weighted by molar-refractivity contribution is 0.213. The van der Waals surface area contributed by atoms with Gasteiger partial charge in [0.05, 0.1) is 0 Å². The van der Waals surface area contributed by atoms with E-state index in [0.29, 0.717) is 6.54 Å². The van der Waals surface area contributed by atoms with Crippen molar-refractivity contribution in [3.8, 4) is 0 Å². The highest BCUT2D eigenvalue weighted by Crippen LogP contribution is 2.12. The van der Waals surface area contributed by atoms with E-state index in [-0.39, 0.29) is 6.03 Å². The van der Waals surface area contributed by atoms with E-state index in [1.54, 1.807) is 0 Å². The Morgan fingerprint density at radius 1 is 1.32 bits per heavy atom. The van der Waals surface area contributed by atoms with Crippen molar-refractivity contribution in [3.05, 3.63) is 29.8 Å². The highest BCUT2D eigenvalue weighted by Gasteiger charge is 2.17. The van der Waals surface area contributed by atoms with Gasteiger partial charge in [-0.2, -0.15) is 0 Å². The van der Waals surface area contributed by atoms with Crippen molar-refractivity contribution in [1.82, 2.24) is 9.80 Å². The molecule has 2 amide bonds. The van der Waals surface area contributed by atoms with Gasteiger partial charge in [-0.25, -0.2) is 4.79 Å². The minimum Gasteiger partial charge on any atom is -0.326 e. The Kier molecular flexibility index (Phi) is 4.76. The second kappa shape index (κ2) is 6.54. The molecule has 1 aliphatic rings. The van der Waals surface area contributed by atoms with Gasteiger partial charge in [-0.1, -0.05) is 12.1 Å². The molecular weight excluding hydrogens is 240 g/mol. The third kappa shape index (κ3) is 3.94. The number of rotatable bonds is 2. The first-order valence-electron chi connectivity index (χ1n) is 6.72.